The summed E-state index contributed by atoms with van der Waals surface area (Å²) in [6, 6.07) is 5.61. The molecule has 1 saturated carbocycles. The second kappa shape index (κ2) is 12.0. The van der Waals surface area contributed by atoms with E-state index < -0.39 is 23.8 Å². The first-order valence-electron chi connectivity index (χ1n) is 12.3. The molecule has 34 heavy (non-hydrogen) atoms. The van der Waals surface area contributed by atoms with Crippen molar-refractivity contribution < 1.29 is 19.1 Å². The summed E-state index contributed by atoms with van der Waals surface area (Å²) in [5, 5.41) is 5.81. The van der Waals surface area contributed by atoms with Crippen LogP contribution in [0, 0.1) is 0 Å². The van der Waals surface area contributed by atoms with Crippen LogP contribution in [0.25, 0.3) is 6.08 Å². The van der Waals surface area contributed by atoms with Gasteiger partial charge in [0.15, 0.2) is 0 Å². The van der Waals surface area contributed by atoms with Crippen LogP contribution in [0.4, 0.5) is 4.79 Å². The lowest BCUT2D eigenvalue weighted by atomic mass is 9.94. The van der Waals surface area contributed by atoms with Crippen LogP contribution >= 0.6 is 0 Å². The number of carbonyl (C=O) groups is 3. The topological polar surface area (TPSA) is 87.7 Å². The Kier molecular flexibility index (Phi) is 9.71. The minimum Gasteiger partial charge on any atom is -0.444 e. The maximum atomic E-state index is 13.7. The number of amides is 3. The van der Waals surface area contributed by atoms with Crippen LogP contribution in [0.15, 0.2) is 30.8 Å². The van der Waals surface area contributed by atoms with Crippen molar-refractivity contribution in [1.29, 1.82) is 0 Å². The molecule has 2 N–H and O–H groups in total. The van der Waals surface area contributed by atoms with Crippen LogP contribution in [0.1, 0.15) is 90.8 Å². The summed E-state index contributed by atoms with van der Waals surface area (Å²) < 4.78 is 5.31. The molecule has 3 amide bonds. The highest BCUT2D eigenvalue weighted by Crippen LogP contribution is 2.27. The Labute approximate surface area is 204 Å². The lowest BCUT2D eigenvalue weighted by molar-refractivity contribution is -0.144. The molecule has 7 heteroatoms. The van der Waals surface area contributed by atoms with Gasteiger partial charge in [0.1, 0.15) is 17.7 Å². The Morgan fingerprint density at radius 1 is 1.12 bits per heavy atom. The molecule has 0 radical (unpaired) electrons. The molecule has 2 rings (SSSR count). The first-order valence-corrected chi connectivity index (χ1v) is 12.3. The zero-order chi connectivity index (χ0) is 25.5. The van der Waals surface area contributed by atoms with E-state index in [9.17, 15) is 14.4 Å². The third-order valence-corrected chi connectivity index (χ3v) is 5.85. The number of nitrogens with zero attached hydrogens (tertiary/aromatic N) is 1. The number of benzene rings is 1. The van der Waals surface area contributed by atoms with E-state index >= 15 is 0 Å². The predicted molar refractivity (Wildman–Crippen MR) is 135 cm³/mol. The minimum atomic E-state index is -0.871. The molecule has 0 heterocycles. The number of carbonyl (C=O) groups excluding carboxylic acids is 3. The Balaban J connectivity index is 2.36. The molecule has 0 bridgehead atoms. The molecular formula is C27H41N3O4. The molecule has 1 fully saturated rings. The van der Waals surface area contributed by atoms with Gasteiger partial charge in [0, 0.05) is 12.1 Å². The molecule has 7 nitrogen and oxygen atoms in total. The molecule has 1 aliphatic rings. The van der Waals surface area contributed by atoms with Crippen molar-refractivity contribution in [2.45, 2.75) is 103 Å². The fourth-order valence-electron chi connectivity index (χ4n) is 4.27. The summed E-state index contributed by atoms with van der Waals surface area (Å²) in [5.74, 6) is -0.562. The van der Waals surface area contributed by atoms with Crippen molar-refractivity contribution in [3.8, 4) is 0 Å². The van der Waals surface area contributed by atoms with Crippen LogP contribution in [-0.2, 0) is 14.3 Å². The van der Waals surface area contributed by atoms with Gasteiger partial charge in [0.25, 0.3) is 0 Å². The summed E-state index contributed by atoms with van der Waals surface area (Å²) in [6.45, 7) is 14.5. The van der Waals surface area contributed by atoms with Crippen molar-refractivity contribution in [1.82, 2.24) is 15.5 Å². The summed E-state index contributed by atoms with van der Waals surface area (Å²) in [7, 11) is 0. The number of nitrogens with one attached hydrogen (secondary N) is 2. The first kappa shape index (κ1) is 27.4. The quantitative estimate of drug-likeness (QED) is 0.560. The van der Waals surface area contributed by atoms with Crippen molar-refractivity contribution in [2.75, 3.05) is 0 Å². The maximum absolute atomic E-state index is 13.7. The summed E-state index contributed by atoms with van der Waals surface area (Å²) >= 11 is 0. The SMILES string of the molecule is C=Cc1cccc(C(C(=O)NC2CCCCC2)N(C(=O)C(C)NC(=O)OC(C)(C)C)C(C)C)c1. The number of hydrogen-bond donors (Lipinski definition) is 2. The lowest BCUT2D eigenvalue weighted by Gasteiger charge is -2.37. The van der Waals surface area contributed by atoms with E-state index in [1.54, 1.807) is 38.7 Å². The molecule has 0 saturated heterocycles. The Morgan fingerprint density at radius 2 is 1.76 bits per heavy atom. The largest absolute Gasteiger partial charge is 0.444 e. The molecule has 1 aromatic rings. The third kappa shape index (κ3) is 7.89. The van der Waals surface area contributed by atoms with E-state index in [1.165, 1.54) is 6.42 Å². The van der Waals surface area contributed by atoms with Gasteiger partial charge in [-0.25, -0.2) is 4.79 Å². The zero-order valence-electron chi connectivity index (χ0n) is 21.5. The summed E-state index contributed by atoms with van der Waals surface area (Å²) in [6.07, 6.45) is 6.29. The minimum absolute atomic E-state index is 0.104. The third-order valence-electron chi connectivity index (χ3n) is 5.85. The molecule has 2 unspecified atom stereocenters. The highest BCUT2D eigenvalue weighted by Gasteiger charge is 2.37. The van der Waals surface area contributed by atoms with Gasteiger partial charge in [-0.05, 0) is 71.6 Å². The second-order valence-corrected chi connectivity index (χ2v) is 10.3. The number of hydrogen-bond acceptors (Lipinski definition) is 4. The fourth-order valence-corrected chi connectivity index (χ4v) is 4.27. The smallest absolute Gasteiger partial charge is 0.408 e. The van der Waals surface area contributed by atoms with Gasteiger partial charge in [-0.15, -0.1) is 0 Å². The molecule has 0 aromatic heterocycles. The van der Waals surface area contributed by atoms with Gasteiger partial charge < -0.3 is 20.3 Å². The highest BCUT2D eigenvalue weighted by molar-refractivity contribution is 5.92. The van der Waals surface area contributed by atoms with Crippen LogP contribution in [0.3, 0.4) is 0 Å². The van der Waals surface area contributed by atoms with E-state index in [0.29, 0.717) is 5.56 Å². The van der Waals surface area contributed by atoms with Crippen molar-refractivity contribution >= 4 is 24.0 Å². The maximum Gasteiger partial charge on any atom is 0.408 e. The Morgan fingerprint density at radius 3 is 2.32 bits per heavy atom. The second-order valence-electron chi connectivity index (χ2n) is 10.3. The summed E-state index contributed by atoms with van der Waals surface area (Å²) in [4.78, 5) is 41.1. The van der Waals surface area contributed by atoms with Crippen molar-refractivity contribution in [2.24, 2.45) is 0 Å². The summed E-state index contributed by atoms with van der Waals surface area (Å²) in [5.41, 5.74) is 0.888. The van der Waals surface area contributed by atoms with Gasteiger partial charge in [-0.3, -0.25) is 9.59 Å². The lowest BCUT2D eigenvalue weighted by Crippen LogP contribution is -2.55. The number of rotatable bonds is 8. The molecule has 1 aliphatic carbocycles. The van der Waals surface area contributed by atoms with E-state index in [2.05, 4.69) is 17.2 Å². The number of ether oxygens (including phenoxy) is 1. The zero-order valence-corrected chi connectivity index (χ0v) is 21.5. The molecule has 2 atom stereocenters. The average molecular weight is 472 g/mol. The number of alkyl carbamates (subject to hydrolysis) is 1. The molecule has 0 aliphatic heterocycles. The van der Waals surface area contributed by atoms with Gasteiger partial charge in [-0.2, -0.15) is 0 Å². The Bertz CT molecular complexity index is 869. The van der Waals surface area contributed by atoms with Gasteiger partial charge in [-0.1, -0.05) is 50.1 Å². The van der Waals surface area contributed by atoms with E-state index in [-0.39, 0.29) is 23.9 Å². The average Bonchev–Trinajstić information content (AvgIpc) is 2.75. The molecule has 0 spiro atoms. The van der Waals surface area contributed by atoms with Crippen LogP contribution in [0.5, 0.6) is 0 Å². The predicted octanol–water partition coefficient (Wildman–Crippen LogP) is 4.97. The van der Waals surface area contributed by atoms with E-state index in [0.717, 1.165) is 31.2 Å². The highest BCUT2D eigenvalue weighted by atomic mass is 16.6. The van der Waals surface area contributed by atoms with E-state index in [4.69, 9.17) is 4.74 Å². The molecular weight excluding hydrogens is 430 g/mol. The van der Waals surface area contributed by atoms with Gasteiger partial charge >= 0.3 is 6.09 Å². The molecule has 188 valence electrons. The Hall–Kier alpha value is -2.83. The molecule has 1 aromatic carbocycles. The normalized spacial score (nSPS) is 16.3. The van der Waals surface area contributed by atoms with Crippen molar-refractivity contribution in [3.05, 3.63) is 42.0 Å². The fraction of sp³-hybridized carbons (Fsp3) is 0.593. The van der Waals surface area contributed by atoms with Gasteiger partial charge in [0.2, 0.25) is 11.8 Å². The van der Waals surface area contributed by atoms with Crippen LogP contribution < -0.4 is 10.6 Å². The first-order chi connectivity index (χ1) is 15.9. The monoisotopic (exact) mass is 471 g/mol. The van der Waals surface area contributed by atoms with Crippen molar-refractivity contribution in [3.63, 3.8) is 0 Å². The van der Waals surface area contributed by atoms with Crippen LogP contribution in [0.2, 0.25) is 0 Å². The standard InChI is InChI=1S/C27H41N3O4/c1-8-20-13-12-14-21(17-20)23(24(31)29-22-15-10-9-11-16-22)30(18(2)3)25(32)19(4)28-26(33)34-27(5,6)7/h8,12-14,17-19,22-23H,1,9-11,15-16H2,2-7H3,(H,28,33)(H,29,31). The van der Waals surface area contributed by atoms with Gasteiger partial charge in [0.05, 0.1) is 0 Å². The van der Waals surface area contributed by atoms with Crippen LogP contribution in [-0.4, -0.2) is 46.5 Å². The van der Waals surface area contributed by atoms with E-state index in [1.807, 2.05) is 38.1 Å².